The van der Waals surface area contributed by atoms with Gasteiger partial charge in [-0.2, -0.15) is 0 Å². The van der Waals surface area contributed by atoms with Crippen molar-refractivity contribution in [3.63, 3.8) is 0 Å². The SMILES string of the molecule is COc1cccc(CN(C)CC(=O)Nc2cc(NC(C)=O)ccc2OC)c1. The molecule has 144 valence electrons. The summed E-state index contributed by atoms with van der Waals surface area (Å²) in [7, 11) is 5.01. The van der Waals surface area contributed by atoms with Gasteiger partial charge in [0.1, 0.15) is 11.5 Å². The minimum Gasteiger partial charge on any atom is -0.497 e. The Bertz CT molecular complexity index is 808. The van der Waals surface area contributed by atoms with E-state index in [-0.39, 0.29) is 18.4 Å². The van der Waals surface area contributed by atoms with E-state index >= 15 is 0 Å². The van der Waals surface area contributed by atoms with E-state index in [1.165, 1.54) is 14.0 Å². The van der Waals surface area contributed by atoms with Crippen LogP contribution in [-0.4, -0.2) is 44.5 Å². The number of carbonyl (C=O) groups is 2. The van der Waals surface area contributed by atoms with E-state index in [1.807, 2.05) is 36.2 Å². The van der Waals surface area contributed by atoms with Gasteiger partial charge in [0.25, 0.3) is 0 Å². The number of carbonyl (C=O) groups excluding carboxylic acids is 2. The molecule has 0 aliphatic rings. The van der Waals surface area contributed by atoms with Crippen LogP contribution in [0, 0.1) is 0 Å². The first-order chi connectivity index (χ1) is 12.9. The molecule has 2 N–H and O–H groups in total. The lowest BCUT2D eigenvalue weighted by atomic mass is 10.2. The molecule has 0 spiro atoms. The number of likely N-dealkylation sites (N-methyl/N-ethyl adjacent to an activating group) is 1. The number of nitrogens with one attached hydrogen (secondary N) is 2. The predicted octanol–water partition coefficient (Wildman–Crippen LogP) is 2.73. The highest BCUT2D eigenvalue weighted by Gasteiger charge is 2.12. The molecule has 2 aromatic carbocycles. The lowest BCUT2D eigenvalue weighted by Crippen LogP contribution is -2.30. The molecule has 2 amide bonds. The molecular formula is C20H25N3O4. The molecule has 2 rings (SSSR count). The number of rotatable bonds is 8. The number of hydrogen-bond donors (Lipinski definition) is 2. The summed E-state index contributed by atoms with van der Waals surface area (Å²) in [4.78, 5) is 25.5. The van der Waals surface area contributed by atoms with Crippen LogP contribution in [0.25, 0.3) is 0 Å². The third kappa shape index (κ3) is 6.31. The third-order valence-corrected chi connectivity index (χ3v) is 3.79. The monoisotopic (exact) mass is 371 g/mol. The lowest BCUT2D eigenvalue weighted by molar-refractivity contribution is -0.117. The van der Waals surface area contributed by atoms with Crippen LogP contribution >= 0.6 is 0 Å². The van der Waals surface area contributed by atoms with Crippen LogP contribution in [-0.2, 0) is 16.1 Å². The van der Waals surface area contributed by atoms with Crippen molar-refractivity contribution in [3.05, 3.63) is 48.0 Å². The molecule has 0 aromatic heterocycles. The quantitative estimate of drug-likeness (QED) is 0.746. The van der Waals surface area contributed by atoms with E-state index in [4.69, 9.17) is 9.47 Å². The Balaban J connectivity index is 2.00. The van der Waals surface area contributed by atoms with Crippen molar-refractivity contribution in [2.75, 3.05) is 38.4 Å². The fraction of sp³-hybridized carbons (Fsp3) is 0.300. The summed E-state index contributed by atoms with van der Waals surface area (Å²) in [6.45, 7) is 2.23. The number of hydrogen-bond acceptors (Lipinski definition) is 5. The maximum absolute atomic E-state index is 12.4. The van der Waals surface area contributed by atoms with Crippen molar-refractivity contribution in [1.82, 2.24) is 4.90 Å². The smallest absolute Gasteiger partial charge is 0.238 e. The molecule has 0 aliphatic carbocycles. The first-order valence-electron chi connectivity index (χ1n) is 8.48. The first-order valence-corrected chi connectivity index (χ1v) is 8.48. The van der Waals surface area contributed by atoms with Crippen molar-refractivity contribution in [3.8, 4) is 11.5 Å². The Morgan fingerprint density at radius 1 is 1.04 bits per heavy atom. The van der Waals surface area contributed by atoms with E-state index in [2.05, 4.69) is 10.6 Å². The van der Waals surface area contributed by atoms with Crippen molar-refractivity contribution in [2.45, 2.75) is 13.5 Å². The van der Waals surface area contributed by atoms with Crippen molar-refractivity contribution < 1.29 is 19.1 Å². The van der Waals surface area contributed by atoms with Gasteiger partial charge in [-0.25, -0.2) is 0 Å². The number of anilines is 2. The van der Waals surface area contributed by atoms with Gasteiger partial charge in [-0.05, 0) is 42.9 Å². The number of methoxy groups -OCH3 is 2. The Morgan fingerprint density at radius 2 is 1.81 bits per heavy atom. The van der Waals surface area contributed by atoms with Crippen LogP contribution < -0.4 is 20.1 Å². The van der Waals surface area contributed by atoms with Gasteiger partial charge in [-0.1, -0.05) is 12.1 Å². The zero-order valence-electron chi connectivity index (χ0n) is 16.0. The zero-order chi connectivity index (χ0) is 19.8. The highest BCUT2D eigenvalue weighted by atomic mass is 16.5. The predicted molar refractivity (Wildman–Crippen MR) is 105 cm³/mol. The van der Waals surface area contributed by atoms with E-state index in [9.17, 15) is 9.59 Å². The minimum absolute atomic E-state index is 0.182. The molecule has 0 bridgehead atoms. The van der Waals surface area contributed by atoms with Gasteiger partial charge >= 0.3 is 0 Å². The van der Waals surface area contributed by atoms with Crippen molar-refractivity contribution in [2.24, 2.45) is 0 Å². The van der Waals surface area contributed by atoms with Crippen molar-refractivity contribution >= 4 is 23.2 Å². The Morgan fingerprint density at radius 3 is 2.48 bits per heavy atom. The molecule has 7 nitrogen and oxygen atoms in total. The average molecular weight is 371 g/mol. The fourth-order valence-corrected chi connectivity index (χ4v) is 2.66. The summed E-state index contributed by atoms with van der Waals surface area (Å²) in [6, 6.07) is 12.8. The maximum atomic E-state index is 12.4. The Labute approximate surface area is 159 Å². The second kappa shape index (κ2) is 9.59. The third-order valence-electron chi connectivity index (χ3n) is 3.79. The highest BCUT2D eigenvalue weighted by molar-refractivity contribution is 5.95. The molecule has 0 unspecified atom stereocenters. The minimum atomic E-state index is -0.185. The van der Waals surface area contributed by atoms with Crippen LogP contribution in [0.4, 0.5) is 11.4 Å². The van der Waals surface area contributed by atoms with Gasteiger partial charge in [0.2, 0.25) is 11.8 Å². The Kier molecular flexibility index (Phi) is 7.19. The summed E-state index contributed by atoms with van der Waals surface area (Å²) in [5.74, 6) is 0.937. The topological polar surface area (TPSA) is 79.9 Å². The van der Waals surface area contributed by atoms with Gasteiger partial charge < -0.3 is 20.1 Å². The number of amides is 2. The second-order valence-electron chi connectivity index (χ2n) is 6.17. The number of ether oxygens (including phenoxy) is 2. The average Bonchev–Trinajstić information content (AvgIpc) is 2.61. The molecule has 0 saturated heterocycles. The molecule has 0 heterocycles. The number of nitrogens with zero attached hydrogens (tertiary/aromatic N) is 1. The maximum Gasteiger partial charge on any atom is 0.238 e. The summed E-state index contributed by atoms with van der Waals surface area (Å²) in [6.07, 6.45) is 0. The number of benzene rings is 2. The van der Waals surface area contributed by atoms with E-state index in [0.717, 1.165) is 11.3 Å². The van der Waals surface area contributed by atoms with Crippen LogP contribution in [0.1, 0.15) is 12.5 Å². The summed E-state index contributed by atoms with van der Waals surface area (Å²) >= 11 is 0. The summed E-state index contributed by atoms with van der Waals surface area (Å²) < 4.78 is 10.5. The molecule has 0 fully saturated rings. The molecule has 0 atom stereocenters. The molecule has 2 aromatic rings. The second-order valence-corrected chi connectivity index (χ2v) is 6.17. The van der Waals surface area contributed by atoms with Gasteiger partial charge in [0, 0.05) is 19.2 Å². The van der Waals surface area contributed by atoms with Crippen LogP contribution in [0.15, 0.2) is 42.5 Å². The fourth-order valence-electron chi connectivity index (χ4n) is 2.66. The molecule has 0 saturated carbocycles. The van der Waals surface area contributed by atoms with E-state index in [0.29, 0.717) is 23.7 Å². The summed E-state index contributed by atoms with van der Waals surface area (Å²) in [5.41, 5.74) is 2.14. The van der Waals surface area contributed by atoms with Gasteiger partial charge in [0.05, 0.1) is 26.5 Å². The molecular weight excluding hydrogens is 346 g/mol. The standard InChI is InChI=1S/C20H25N3O4/c1-14(24)21-16-8-9-19(27-4)18(11-16)22-20(25)13-23(2)12-15-6-5-7-17(10-15)26-3/h5-11H,12-13H2,1-4H3,(H,21,24)(H,22,25). The summed E-state index contributed by atoms with van der Waals surface area (Å²) in [5, 5.41) is 5.52. The first kappa shape index (κ1) is 20.3. The molecule has 0 aliphatic heterocycles. The van der Waals surface area contributed by atoms with Gasteiger partial charge in [0.15, 0.2) is 0 Å². The zero-order valence-corrected chi connectivity index (χ0v) is 16.0. The van der Waals surface area contributed by atoms with Crippen LogP contribution in [0.3, 0.4) is 0 Å². The van der Waals surface area contributed by atoms with Crippen molar-refractivity contribution in [1.29, 1.82) is 0 Å². The molecule has 0 radical (unpaired) electrons. The Hall–Kier alpha value is -3.06. The van der Waals surface area contributed by atoms with Crippen LogP contribution in [0.5, 0.6) is 11.5 Å². The molecule has 7 heteroatoms. The lowest BCUT2D eigenvalue weighted by Gasteiger charge is -2.18. The normalized spacial score (nSPS) is 10.4. The van der Waals surface area contributed by atoms with Gasteiger partial charge in [-0.15, -0.1) is 0 Å². The van der Waals surface area contributed by atoms with E-state index in [1.54, 1.807) is 25.3 Å². The van der Waals surface area contributed by atoms with E-state index < -0.39 is 0 Å². The molecule has 27 heavy (non-hydrogen) atoms. The van der Waals surface area contributed by atoms with Crippen LogP contribution in [0.2, 0.25) is 0 Å². The highest BCUT2D eigenvalue weighted by Crippen LogP contribution is 2.27. The van der Waals surface area contributed by atoms with Gasteiger partial charge in [-0.3, -0.25) is 14.5 Å². The largest absolute Gasteiger partial charge is 0.497 e.